The number of nitrogens with zero attached hydrogens (tertiary/aromatic N) is 1. The van der Waals surface area contributed by atoms with Gasteiger partial charge in [0.05, 0.1) is 0 Å². The first kappa shape index (κ1) is 10.3. The summed E-state index contributed by atoms with van der Waals surface area (Å²) in [5.74, 6) is 1.48. The molecule has 14 heavy (non-hydrogen) atoms. The van der Waals surface area contributed by atoms with Crippen LogP contribution in [0, 0.1) is 0 Å². The van der Waals surface area contributed by atoms with Crippen molar-refractivity contribution in [2.45, 2.75) is 37.1 Å². The molecule has 80 valence electrons. The monoisotopic (exact) mass is 214 g/mol. The maximum Gasteiger partial charge on any atom is 0.224 e. The molecule has 4 heteroatoms. The molecule has 2 saturated heterocycles. The minimum atomic E-state index is 0.279. The van der Waals surface area contributed by atoms with E-state index in [4.69, 9.17) is 0 Å². The van der Waals surface area contributed by atoms with Gasteiger partial charge in [0.1, 0.15) is 0 Å². The SMILES string of the molecule is CC1CC(NC2CC(=O)N(C)C2)CS1. The molecule has 1 N–H and O–H groups in total. The molecule has 2 aliphatic heterocycles. The first-order chi connectivity index (χ1) is 6.65. The highest BCUT2D eigenvalue weighted by Crippen LogP contribution is 2.26. The molecule has 1 amide bonds. The van der Waals surface area contributed by atoms with Crippen molar-refractivity contribution in [2.24, 2.45) is 0 Å². The van der Waals surface area contributed by atoms with E-state index < -0.39 is 0 Å². The third-order valence-electron chi connectivity index (χ3n) is 3.01. The van der Waals surface area contributed by atoms with Crippen molar-refractivity contribution in [3.8, 4) is 0 Å². The molecule has 3 nitrogen and oxygen atoms in total. The number of carbonyl (C=O) groups excluding carboxylic acids is 1. The van der Waals surface area contributed by atoms with E-state index in [0.29, 0.717) is 18.5 Å². The van der Waals surface area contributed by atoms with Gasteiger partial charge in [0.25, 0.3) is 0 Å². The van der Waals surface area contributed by atoms with E-state index in [1.54, 1.807) is 0 Å². The molecular weight excluding hydrogens is 196 g/mol. The second-order valence-electron chi connectivity index (χ2n) is 4.42. The largest absolute Gasteiger partial charge is 0.344 e. The molecule has 0 spiro atoms. The van der Waals surface area contributed by atoms with E-state index in [0.717, 1.165) is 11.8 Å². The standard InChI is InChI=1S/C10H18N2OS/c1-7-3-9(6-14-7)11-8-4-10(13)12(2)5-8/h7-9,11H,3-6H2,1-2H3. The van der Waals surface area contributed by atoms with E-state index >= 15 is 0 Å². The second-order valence-corrected chi connectivity index (χ2v) is 5.89. The van der Waals surface area contributed by atoms with E-state index in [9.17, 15) is 4.79 Å². The van der Waals surface area contributed by atoms with Crippen LogP contribution in [0.1, 0.15) is 19.8 Å². The zero-order valence-corrected chi connectivity index (χ0v) is 9.64. The number of likely N-dealkylation sites (N-methyl/N-ethyl adjacent to an activating group) is 1. The van der Waals surface area contributed by atoms with Gasteiger partial charge in [-0.05, 0) is 6.42 Å². The third-order valence-corrected chi connectivity index (χ3v) is 4.37. The quantitative estimate of drug-likeness (QED) is 0.734. The third kappa shape index (κ3) is 2.23. The van der Waals surface area contributed by atoms with Gasteiger partial charge in [0.15, 0.2) is 0 Å². The Labute approximate surface area is 89.6 Å². The van der Waals surface area contributed by atoms with Crippen LogP contribution in [-0.2, 0) is 4.79 Å². The van der Waals surface area contributed by atoms with Crippen molar-refractivity contribution >= 4 is 17.7 Å². The Morgan fingerprint density at radius 1 is 1.50 bits per heavy atom. The average molecular weight is 214 g/mol. The maximum absolute atomic E-state index is 11.3. The van der Waals surface area contributed by atoms with E-state index in [1.165, 1.54) is 12.2 Å². The number of hydrogen-bond acceptors (Lipinski definition) is 3. The van der Waals surface area contributed by atoms with Gasteiger partial charge in [-0.3, -0.25) is 4.79 Å². The van der Waals surface area contributed by atoms with Crippen LogP contribution in [-0.4, -0.2) is 47.5 Å². The van der Waals surface area contributed by atoms with Gasteiger partial charge in [0, 0.05) is 43.1 Å². The Kier molecular flexibility index (Phi) is 3.02. The summed E-state index contributed by atoms with van der Waals surface area (Å²) in [5, 5.41) is 4.37. The Bertz CT molecular complexity index is 234. The lowest BCUT2D eigenvalue weighted by atomic mass is 10.1. The summed E-state index contributed by atoms with van der Waals surface area (Å²) in [7, 11) is 1.88. The zero-order chi connectivity index (χ0) is 10.1. The molecule has 0 aliphatic carbocycles. The number of nitrogens with one attached hydrogen (secondary N) is 1. The second kappa shape index (κ2) is 4.11. The molecule has 2 rings (SSSR count). The zero-order valence-electron chi connectivity index (χ0n) is 8.82. The maximum atomic E-state index is 11.3. The minimum absolute atomic E-state index is 0.279. The molecule has 0 radical (unpaired) electrons. The van der Waals surface area contributed by atoms with Gasteiger partial charge in [0.2, 0.25) is 5.91 Å². The highest BCUT2D eigenvalue weighted by atomic mass is 32.2. The number of amides is 1. The number of hydrogen-bond donors (Lipinski definition) is 1. The molecule has 0 aromatic carbocycles. The Hall–Kier alpha value is -0.220. The Morgan fingerprint density at radius 3 is 2.79 bits per heavy atom. The highest BCUT2D eigenvalue weighted by Gasteiger charge is 2.30. The van der Waals surface area contributed by atoms with Crippen molar-refractivity contribution in [1.82, 2.24) is 10.2 Å². The van der Waals surface area contributed by atoms with E-state index in [1.807, 2.05) is 23.7 Å². The van der Waals surface area contributed by atoms with Crippen molar-refractivity contribution in [3.63, 3.8) is 0 Å². The first-order valence-electron chi connectivity index (χ1n) is 5.27. The summed E-state index contributed by atoms with van der Waals surface area (Å²) in [6, 6.07) is 1.02. The Balaban J connectivity index is 1.79. The summed E-state index contributed by atoms with van der Waals surface area (Å²) in [6.07, 6.45) is 1.94. The average Bonchev–Trinajstić information content (AvgIpc) is 2.62. The summed E-state index contributed by atoms with van der Waals surface area (Å²) in [6.45, 7) is 3.16. The molecule has 0 aromatic heterocycles. The first-order valence-corrected chi connectivity index (χ1v) is 6.31. The fourth-order valence-electron chi connectivity index (χ4n) is 2.24. The molecule has 3 atom stereocenters. The van der Waals surface area contributed by atoms with Gasteiger partial charge in [-0.2, -0.15) is 11.8 Å². The molecule has 2 fully saturated rings. The van der Waals surface area contributed by atoms with Crippen molar-refractivity contribution in [3.05, 3.63) is 0 Å². The lowest BCUT2D eigenvalue weighted by Gasteiger charge is -2.17. The summed E-state index contributed by atoms with van der Waals surface area (Å²) in [5.41, 5.74) is 0. The van der Waals surface area contributed by atoms with Gasteiger partial charge in [-0.1, -0.05) is 6.92 Å². The summed E-state index contributed by atoms with van der Waals surface area (Å²) >= 11 is 2.03. The predicted octanol–water partition coefficient (Wildman–Crippen LogP) is 0.701. The number of carbonyl (C=O) groups is 1. The number of thioether (sulfide) groups is 1. The van der Waals surface area contributed by atoms with E-state index in [-0.39, 0.29) is 5.91 Å². The number of likely N-dealkylation sites (tertiary alicyclic amines) is 1. The van der Waals surface area contributed by atoms with Crippen molar-refractivity contribution in [2.75, 3.05) is 19.3 Å². The van der Waals surface area contributed by atoms with Crippen LogP contribution in [0.4, 0.5) is 0 Å². The van der Waals surface area contributed by atoms with Crippen molar-refractivity contribution in [1.29, 1.82) is 0 Å². The fourth-order valence-corrected chi connectivity index (χ4v) is 3.40. The van der Waals surface area contributed by atoms with Gasteiger partial charge in [-0.25, -0.2) is 0 Å². The van der Waals surface area contributed by atoms with Crippen LogP contribution in [0.3, 0.4) is 0 Å². The van der Waals surface area contributed by atoms with Crippen LogP contribution in [0.5, 0.6) is 0 Å². The van der Waals surface area contributed by atoms with Crippen molar-refractivity contribution < 1.29 is 4.79 Å². The predicted molar refractivity (Wildman–Crippen MR) is 59.5 cm³/mol. The normalized spacial score (nSPS) is 38.3. The molecule has 2 heterocycles. The van der Waals surface area contributed by atoms with Crippen LogP contribution < -0.4 is 5.32 Å². The molecule has 0 bridgehead atoms. The Morgan fingerprint density at radius 2 is 2.29 bits per heavy atom. The molecule has 0 aromatic rings. The molecule has 2 aliphatic rings. The van der Waals surface area contributed by atoms with Crippen LogP contribution in [0.2, 0.25) is 0 Å². The lowest BCUT2D eigenvalue weighted by Crippen LogP contribution is -2.39. The van der Waals surface area contributed by atoms with Crippen LogP contribution >= 0.6 is 11.8 Å². The topological polar surface area (TPSA) is 32.3 Å². The summed E-state index contributed by atoms with van der Waals surface area (Å²) < 4.78 is 0. The molecule has 3 unspecified atom stereocenters. The number of rotatable bonds is 2. The molecular formula is C10H18N2OS. The van der Waals surface area contributed by atoms with Crippen LogP contribution in [0.15, 0.2) is 0 Å². The van der Waals surface area contributed by atoms with Gasteiger partial charge in [-0.15, -0.1) is 0 Å². The van der Waals surface area contributed by atoms with Gasteiger partial charge < -0.3 is 10.2 Å². The van der Waals surface area contributed by atoms with Crippen LogP contribution in [0.25, 0.3) is 0 Å². The van der Waals surface area contributed by atoms with E-state index in [2.05, 4.69) is 12.2 Å². The lowest BCUT2D eigenvalue weighted by molar-refractivity contribution is -0.126. The summed E-state index contributed by atoms with van der Waals surface area (Å²) in [4.78, 5) is 13.1. The fraction of sp³-hybridized carbons (Fsp3) is 0.900. The highest BCUT2D eigenvalue weighted by molar-refractivity contribution is 8.00. The smallest absolute Gasteiger partial charge is 0.224 e. The minimum Gasteiger partial charge on any atom is -0.344 e. The van der Waals surface area contributed by atoms with Gasteiger partial charge >= 0.3 is 0 Å². The molecule has 0 saturated carbocycles.